The molecular formula is C14H16FNO4. The van der Waals surface area contributed by atoms with E-state index in [-0.39, 0.29) is 6.61 Å². The number of nitro groups is 1. The number of nitro benzene ring substituents is 1. The first kappa shape index (κ1) is 15.8. The average molecular weight is 281 g/mol. The third-order valence-corrected chi connectivity index (χ3v) is 2.91. The largest absolute Gasteiger partial charge is 0.463 e. The lowest BCUT2D eigenvalue weighted by Crippen LogP contribution is -2.09. The number of benzene rings is 1. The maximum Gasteiger partial charge on any atom is 0.334 e. The zero-order valence-corrected chi connectivity index (χ0v) is 11.6. The van der Waals surface area contributed by atoms with E-state index in [2.05, 4.69) is 0 Å². The maximum atomic E-state index is 13.6. The number of hydrogen-bond acceptors (Lipinski definition) is 4. The summed E-state index contributed by atoms with van der Waals surface area (Å²) in [5.41, 5.74) is 0.827. The third kappa shape index (κ3) is 3.40. The van der Waals surface area contributed by atoms with Crippen LogP contribution in [0.25, 0.3) is 5.57 Å². The summed E-state index contributed by atoms with van der Waals surface area (Å²) in [5.74, 6) is -1.38. The van der Waals surface area contributed by atoms with Crippen molar-refractivity contribution < 1.29 is 18.8 Å². The Balaban J connectivity index is 3.24. The van der Waals surface area contributed by atoms with Crippen LogP contribution in [0, 0.1) is 15.9 Å². The molecule has 1 aromatic rings. The van der Waals surface area contributed by atoms with E-state index >= 15 is 0 Å². The summed E-state index contributed by atoms with van der Waals surface area (Å²) in [7, 11) is 0. The summed E-state index contributed by atoms with van der Waals surface area (Å²) in [5, 5.41) is 10.6. The van der Waals surface area contributed by atoms with Gasteiger partial charge in [0.05, 0.1) is 11.5 Å². The van der Waals surface area contributed by atoms with Crippen LogP contribution in [0.1, 0.15) is 32.8 Å². The fourth-order valence-corrected chi connectivity index (χ4v) is 1.84. The number of allylic oxidation sites excluding steroid dienone is 1. The van der Waals surface area contributed by atoms with Gasteiger partial charge in [0, 0.05) is 11.6 Å². The first-order valence-electron chi connectivity index (χ1n) is 6.23. The summed E-state index contributed by atoms with van der Waals surface area (Å²) in [6, 6.07) is 3.57. The Morgan fingerprint density at radius 2 is 2.05 bits per heavy atom. The molecule has 0 aliphatic heterocycles. The van der Waals surface area contributed by atoms with Crippen molar-refractivity contribution in [3.63, 3.8) is 0 Å². The Morgan fingerprint density at radius 1 is 1.40 bits per heavy atom. The van der Waals surface area contributed by atoms with E-state index in [0.717, 1.165) is 12.1 Å². The normalized spacial score (nSPS) is 11.8. The minimum absolute atomic E-state index is 0.254. The molecule has 0 N–H and O–H groups in total. The van der Waals surface area contributed by atoms with Gasteiger partial charge in [-0.05, 0) is 43.5 Å². The van der Waals surface area contributed by atoms with Gasteiger partial charge in [-0.25, -0.2) is 4.79 Å². The highest BCUT2D eigenvalue weighted by Gasteiger charge is 2.17. The quantitative estimate of drug-likeness (QED) is 0.358. The van der Waals surface area contributed by atoms with Crippen LogP contribution in [0.2, 0.25) is 0 Å². The molecule has 108 valence electrons. The second kappa shape index (κ2) is 6.79. The first-order chi connectivity index (χ1) is 9.42. The number of carbonyl (C=O) groups excluding carboxylic acids is 1. The molecule has 5 nitrogen and oxygen atoms in total. The van der Waals surface area contributed by atoms with Crippen LogP contribution < -0.4 is 0 Å². The first-order valence-corrected chi connectivity index (χ1v) is 6.23. The smallest absolute Gasteiger partial charge is 0.334 e. The minimum Gasteiger partial charge on any atom is -0.463 e. The van der Waals surface area contributed by atoms with Gasteiger partial charge >= 0.3 is 11.7 Å². The van der Waals surface area contributed by atoms with E-state index in [0.29, 0.717) is 23.1 Å². The van der Waals surface area contributed by atoms with Gasteiger partial charge in [0.25, 0.3) is 0 Å². The summed E-state index contributed by atoms with van der Waals surface area (Å²) in [6.07, 6.45) is 0.434. The van der Waals surface area contributed by atoms with Gasteiger partial charge in [0.15, 0.2) is 0 Å². The molecule has 0 aliphatic rings. The summed E-state index contributed by atoms with van der Waals surface area (Å²) in [4.78, 5) is 21.5. The molecule has 0 aliphatic carbocycles. The Bertz CT molecular complexity index is 566. The molecule has 0 spiro atoms. The molecule has 0 bridgehead atoms. The molecule has 0 radical (unpaired) electrons. The monoisotopic (exact) mass is 281 g/mol. The molecule has 0 aromatic heterocycles. The van der Waals surface area contributed by atoms with Gasteiger partial charge in [0.1, 0.15) is 0 Å². The third-order valence-electron chi connectivity index (χ3n) is 2.91. The van der Waals surface area contributed by atoms with Gasteiger partial charge < -0.3 is 4.74 Å². The molecule has 1 aromatic carbocycles. The van der Waals surface area contributed by atoms with Gasteiger partial charge in [-0.3, -0.25) is 10.1 Å². The van der Waals surface area contributed by atoms with E-state index in [9.17, 15) is 19.3 Å². The fraction of sp³-hybridized carbons (Fsp3) is 0.357. The Kier molecular flexibility index (Phi) is 5.37. The molecule has 1 rings (SSSR count). The zero-order valence-electron chi connectivity index (χ0n) is 11.6. The van der Waals surface area contributed by atoms with Gasteiger partial charge in [-0.1, -0.05) is 6.92 Å². The molecule has 0 fully saturated rings. The molecule has 6 heteroatoms. The maximum absolute atomic E-state index is 13.6. The summed E-state index contributed by atoms with van der Waals surface area (Å²) in [6.45, 7) is 5.41. The number of nitrogens with zero attached hydrogens (tertiary/aromatic N) is 1. The lowest BCUT2D eigenvalue weighted by Gasteiger charge is -2.10. The molecule has 0 saturated heterocycles. The van der Waals surface area contributed by atoms with Crippen LogP contribution in [0.3, 0.4) is 0 Å². The standard InChI is InChI=1S/C14H16FNO4/c1-4-11(14(17)20-5-2)9(3)10-6-7-13(16(18)19)12(15)8-10/h6-8H,4-5H2,1-3H3/b11-9+. The van der Waals surface area contributed by atoms with Gasteiger partial charge in [-0.2, -0.15) is 4.39 Å². The highest BCUT2D eigenvalue weighted by atomic mass is 19.1. The Morgan fingerprint density at radius 3 is 2.50 bits per heavy atom. The fourth-order valence-electron chi connectivity index (χ4n) is 1.84. The van der Waals surface area contributed by atoms with Crippen molar-refractivity contribution >= 4 is 17.2 Å². The summed E-state index contributed by atoms with van der Waals surface area (Å²) < 4.78 is 18.5. The number of esters is 1. The molecule has 0 heterocycles. The van der Waals surface area contributed by atoms with Crippen molar-refractivity contribution in [2.24, 2.45) is 0 Å². The van der Waals surface area contributed by atoms with Crippen molar-refractivity contribution in [3.8, 4) is 0 Å². The number of halogens is 1. The molecule has 20 heavy (non-hydrogen) atoms. The van der Waals surface area contributed by atoms with Crippen LogP contribution in [-0.4, -0.2) is 17.5 Å². The summed E-state index contributed by atoms with van der Waals surface area (Å²) >= 11 is 0. The van der Waals surface area contributed by atoms with E-state index < -0.39 is 22.4 Å². The van der Waals surface area contributed by atoms with E-state index in [1.54, 1.807) is 20.8 Å². The molecule has 0 saturated carbocycles. The van der Waals surface area contributed by atoms with Gasteiger partial charge in [-0.15, -0.1) is 0 Å². The molecule has 0 amide bonds. The predicted molar refractivity (Wildman–Crippen MR) is 72.6 cm³/mol. The van der Waals surface area contributed by atoms with E-state index in [1.165, 1.54) is 6.07 Å². The van der Waals surface area contributed by atoms with Crippen molar-refractivity contribution in [3.05, 3.63) is 45.3 Å². The van der Waals surface area contributed by atoms with Crippen molar-refractivity contribution in [1.29, 1.82) is 0 Å². The zero-order chi connectivity index (χ0) is 15.3. The van der Waals surface area contributed by atoms with Crippen LogP contribution in [0.4, 0.5) is 10.1 Å². The molecular weight excluding hydrogens is 265 g/mol. The molecule has 0 unspecified atom stereocenters. The van der Waals surface area contributed by atoms with Crippen LogP contribution in [0.5, 0.6) is 0 Å². The topological polar surface area (TPSA) is 69.4 Å². The van der Waals surface area contributed by atoms with Gasteiger partial charge in [0.2, 0.25) is 5.82 Å². The van der Waals surface area contributed by atoms with Crippen molar-refractivity contribution in [1.82, 2.24) is 0 Å². The van der Waals surface area contributed by atoms with E-state index in [4.69, 9.17) is 4.74 Å². The Labute approximate surface area is 116 Å². The number of carbonyl (C=O) groups is 1. The Hall–Kier alpha value is -2.24. The lowest BCUT2D eigenvalue weighted by atomic mass is 9.99. The number of rotatable bonds is 5. The lowest BCUT2D eigenvalue weighted by molar-refractivity contribution is -0.387. The van der Waals surface area contributed by atoms with E-state index in [1.807, 2.05) is 0 Å². The minimum atomic E-state index is -0.925. The van der Waals surface area contributed by atoms with Crippen LogP contribution in [-0.2, 0) is 9.53 Å². The highest BCUT2D eigenvalue weighted by molar-refractivity contribution is 5.97. The number of ether oxygens (including phenoxy) is 1. The number of hydrogen-bond donors (Lipinski definition) is 0. The molecule has 0 atom stereocenters. The van der Waals surface area contributed by atoms with Crippen LogP contribution in [0.15, 0.2) is 23.8 Å². The second-order valence-electron chi connectivity index (χ2n) is 4.10. The SMILES string of the molecule is CCOC(=O)/C(CC)=C(\C)c1ccc([N+](=O)[O-])c(F)c1. The van der Waals surface area contributed by atoms with Crippen molar-refractivity contribution in [2.45, 2.75) is 27.2 Å². The average Bonchev–Trinajstić information content (AvgIpc) is 2.39. The van der Waals surface area contributed by atoms with Crippen molar-refractivity contribution in [2.75, 3.05) is 6.61 Å². The van der Waals surface area contributed by atoms with Crippen LogP contribution >= 0.6 is 0 Å². The predicted octanol–water partition coefficient (Wildman–Crippen LogP) is 3.48. The second-order valence-corrected chi connectivity index (χ2v) is 4.10. The highest BCUT2D eigenvalue weighted by Crippen LogP contribution is 2.26.